The highest BCUT2D eigenvalue weighted by Crippen LogP contribution is 2.31. The Balaban J connectivity index is 1.62. The number of amides is 2. The molecule has 1 saturated carbocycles. The Kier molecular flexibility index (Phi) is 4.39. The van der Waals surface area contributed by atoms with Gasteiger partial charge in [0.25, 0.3) is 0 Å². The average Bonchev–Trinajstić information content (AvgIpc) is 3.30. The number of hydrogen-bond acceptors (Lipinski definition) is 3. The molecule has 5 heteroatoms. The van der Waals surface area contributed by atoms with Crippen molar-refractivity contribution in [3.63, 3.8) is 0 Å². The number of carbonyl (C=O) groups is 2. The van der Waals surface area contributed by atoms with E-state index in [4.69, 9.17) is 5.73 Å². The Morgan fingerprint density at radius 2 is 2.13 bits per heavy atom. The maximum absolute atomic E-state index is 12.3. The van der Waals surface area contributed by atoms with Gasteiger partial charge in [0, 0.05) is 31.2 Å². The minimum atomic E-state index is -0.284. The molecule has 2 atom stereocenters. The molecular formula is C18H25N3O2. The predicted molar refractivity (Wildman–Crippen MR) is 90.1 cm³/mol. The average molecular weight is 315 g/mol. The van der Waals surface area contributed by atoms with Crippen LogP contribution in [0.2, 0.25) is 0 Å². The molecular weight excluding hydrogens is 290 g/mol. The molecule has 2 fully saturated rings. The Bertz CT molecular complexity index is 625. The van der Waals surface area contributed by atoms with Gasteiger partial charge in [-0.2, -0.15) is 0 Å². The number of carbonyl (C=O) groups excluding carboxylic acids is 2. The molecule has 2 unspecified atom stereocenters. The molecule has 2 aliphatic rings. The molecule has 1 aromatic carbocycles. The first-order valence-corrected chi connectivity index (χ1v) is 8.37. The first-order valence-electron chi connectivity index (χ1n) is 8.37. The van der Waals surface area contributed by atoms with E-state index in [2.05, 4.69) is 5.32 Å². The van der Waals surface area contributed by atoms with Crippen LogP contribution in [0.3, 0.4) is 0 Å². The Morgan fingerprint density at radius 1 is 1.39 bits per heavy atom. The number of aryl methyl sites for hydroxylation is 1. The number of nitrogens with one attached hydrogen (secondary N) is 1. The molecule has 0 aromatic heterocycles. The lowest BCUT2D eigenvalue weighted by Crippen LogP contribution is -2.41. The van der Waals surface area contributed by atoms with Gasteiger partial charge in [0.1, 0.15) is 0 Å². The summed E-state index contributed by atoms with van der Waals surface area (Å²) >= 11 is 0. The van der Waals surface area contributed by atoms with E-state index in [0.717, 1.165) is 16.8 Å². The van der Waals surface area contributed by atoms with E-state index in [1.807, 2.05) is 32.0 Å². The van der Waals surface area contributed by atoms with E-state index in [1.165, 1.54) is 12.8 Å². The smallest absolute Gasteiger partial charge is 0.227 e. The van der Waals surface area contributed by atoms with Crippen LogP contribution in [0.15, 0.2) is 18.2 Å². The quantitative estimate of drug-likeness (QED) is 0.865. The summed E-state index contributed by atoms with van der Waals surface area (Å²) in [6.07, 6.45) is 2.61. The summed E-state index contributed by atoms with van der Waals surface area (Å²) in [5.41, 5.74) is 9.18. The van der Waals surface area contributed by atoms with Gasteiger partial charge in [0.2, 0.25) is 11.8 Å². The van der Waals surface area contributed by atoms with Crippen molar-refractivity contribution in [1.82, 2.24) is 5.32 Å². The molecule has 1 aromatic rings. The lowest BCUT2D eigenvalue weighted by molar-refractivity contribution is -0.126. The highest BCUT2D eigenvalue weighted by molar-refractivity contribution is 6.00. The van der Waals surface area contributed by atoms with E-state index in [0.29, 0.717) is 19.0 Å². The van der Waals surface area contributed by atoms with E-state index in [-0.39, 0.29) is 30.2 Å². The second-order valence-electron chi connectivity index (χ2n) is 6.87. The van der Waals surface area contributed by atoms with Crippen molar-refractivity contribution >= 4 is 17.5 Å². The van der Waals surface area contributed by atoms with Gasteiger partial charge in [0.05, 0.1) is 5.92 Å². The molecule has 124 valence electrons. The summed E-state index contributed by atoms with van der Waals surface area (Å²) in [5.74, 6) is 0.244. The molecule has 5 nitrogen and oxygen atoms in total. The third-order valence-corrected chi connectivity index (χ3v) is 5.10. The van der Waals surface area contributed by atoms with Crippen LogP contribution in [0.1, 0.15) is 30.4 Å². The predicted octanol–water partition coefficient (Wildman–Crippen LogP) is 1.51. The second kappa shape index (κ2) is 6.32. The summed E-state index contributed by atoms with van der Waals surface area (Å²) < 4.78 is 0. The summed E-state index contributed by atoms with van der Waals surface area (Å²) in [4.78, 5) is 26.4. The maximum Gasteiger partial charge on any atom is 0.227 e. The highest BCUT2D eigenvalue weighted by atomic mass is 16.2. The summed E-state index contributed by atoms with van der Waals surface area (Å²) in [7, 11) is 0. The number of hydrogen-bond donors (Lipinski definition) is 2. The minimum absolute atomic E-state index is 0.0188. The lowest BCUT2D eigenvalue weighted by Gasteiger charge is -2.20. The Hall–Kier alpha value is -1.88. The number of anilines is 1. The van der Waals surface area contributed by atoms with Gasteiger partial charge in [0.15, 0.2) is 0 Å². The summed E-state index contributed by atoms with van der Waals surface area (Å²) in [5, 5.41) is 2.92. The molecule has 1 saturated heterocycles. The zero-order valence-corrected chi connectivity index (χ0v) is 13.8. The van der Waals surface area contributed by atoms with Crippen LogP contribution in [0.4, 0.5) is 5.69 Å². The molecule has 3 N–H and O–H groups in total. The van der Waals surface area contributed by atoms with Crippen molar-refractivity contribution in [3.05, 3.63) is 29.3 Å². The highest BCUT2D eigenvalue weighted by Gasteiger charge is 2.36. The van der Waals surface area contributed by atoms with Crippen LogP contribution in [-0.2, 0) is 9.59 Å². The zero-order valence-electron chi connectivity index (χ0n) is 13.8. The molecule has 1 heterocycles. The van der Waals surface area contributed by atoms with Gasteiger partial charge in [-0.05, 0) is 49.8 Å². The number of benzene rings is 1. The van der Waals surface area contributed by atoms with Crippen molar-refractivity contribution < 1.29 is 9.59 Å². The number of nitrogens with two attached hydrogens (primary N) is 1. The van der Waals surface area contributed by atoms with Crippen molar-refractivity contribution in [1.29, 1.82) is 0 Å². The number of rotatable bonds is 5. The van der Waals surface area contributed by atoms with Crippen molar-refractivity contribution in [3.8, 4) is 0 Å². The first kappa shape index (κ1) is 16.0. The summed E-state index contributed by atoms with van der Waals surface area (Å²) in [6.45, 7) is 5.01. The fraction of sp³-hybridized carbons (Fsp3) is 0.556. The standard InChI is InChI=1S/C18H25N3O2/c1-11-4-3-5-16(12(11)2)21-10-14(8-17(21)22)18(23)20-9-15(19)13-6-7-13/h3-5,13-15H,6-10,19H2,1-2H3,(H,20,23). The SMILES string of the molecule is Cc1cccc(N2CC(C(=O)NCC(N)C3CC3)CC2=O)c1C. The van der Waals surface area contributed by atoms with E-state index < -0.39 is 0 Å². The number of nitrogens with zero attached hydrogens (tertiary/aromatic N) is 1. The topological polar surface area (TPSA) is 75.4 Å². The van der Waals surface area contributed by atoms with Gasteiger partial charge in [-0.15, -0.1) is 0 Å². The molecule has 0 spiro atoms. The third-order valence-electron chi connectivity index (χ3n) is 5.10. The van der Waals surface area contributed by atoms with Crippen LogP contribution in [0, 0.1) is 25.7 Å². The molecule has 1 aliphatic heterocycles. The van der Waals surface area contributed by atoms with Crippen LogP contribution in [0.5, 0.6) is 0 Å². The van der Waals surface area contributed by atoms with E-state index in [1.54, 1.807) is 4.90 Å². The molecule has 3 rings (SSSR count). The Morgan fingerprint density at radius 3 is 2.83 bits per heavy atom. The fourth-order valence-corrected chi connectivity index (χ4v) is 3.20. The second-order valence-corrected chi connectivity index (χ2v) is 6.87. The first-order chi connectivity index (χ1) is 11.0. The molecule has 0 radical (unpaired) electrons. The van der Waals surface area contributed by atoms with E-state index >= 15 is 0 Å². The molecule has 0 bridgehead atoms. The van der Waals surface area contributed by atoms with Gasteiger partial charge >= 0.3 is 0 Å². The van der Waals surface area contributed by atoms with Gasteiger partial charge in [-0.1, -0.05) is 12.1 Å². The van der Waals surface area contributed by atoms with Gasteiger partial charge in [-0.25, -0.2) is 0 Å². The molecule has 2 amide bonds. The maximum atomic E-state index is 12.3. The van der Waals surface area contributed by atoms with E-state index in [9.17, 15) is 9.59 Å². The fourth-order valence-electron chi connectivity index (χ4n) is 3.20. The molecule has 23 heavy (non-hydrogen) atoms. The van der Waals surface area contributed by atoms with Crippen molar-refractivity contribution in [2.45, 2.75) is 39.2 Å². The van der Waals surface area contributed by atoms with Crippen LogP contribution < -0.4 is 16.0 Å². The van der Waals surface area contributed by atoms with Gasteiger partial charge < -0.3 is 16.0 Å². The third kappa shape index (κ3) is 3.39. The van der Waals surface area contributed by atoms with Crippen LogP contribution >= 0.6 is 0 Å². The van der Waals surface area contributed by atoms with Gasteiger partial charge in [-0.3, -0.25) is 9.59 Å². The van der Waals surface area contributed by atoms with Crippen molar-refractivity contribution in [2.24, 2.45) is 17.6 Å². The van der Waals surface area contributed by atoms with Crippen LogP contribution in [0.25, 0.3) is 0 Å². The Labute approximate surface area is 137 Å². The van der Waals surface area contributed by atoms with Crippen LogP contribution in [-0.4, -0.2) is 30.9 Å². The lowest BCUT2D eigenvalue weighted by atomic mass is 10.1. The summed E-state index contributed by atoms with van der Waals surface area (Å²) in [6, 6.07) is 5.98. The monoisotopic (exact) mass is 315 g/mol. The largest absolute Gasteiger partial charge is 0.354 e. The zero-order chi connectivity index (χ0) is 16.6. The van der Waals surface area contributed by atoms with Crippen molar-refractivity contribution in [2.75, 3.05) is 18.0 Å². The minimum Gasteiger partial charge on any atom is -0.354 e. The molecule has 1 aliphatic carbocycles. The normalized spacial score (nSPS) is 22.3.